The number of ether oxygens (including phenoxy) is 1. The summed E-state index contributed by atoms with van der Waals surface area (Å²) in [4.78, 5) is 7.37. The van der Waals surface area contributed by atoms with Gasteiger partial charge < -0.3 is 4.74 Å². The van der Waals surface area contributed by atoms with Crippen LogP contribution >= 0.6 is 0 Å². The van der Waals surface area contributed by atoms with Gasteiger partial charge in [0.15, 0.2) is 0 Å². The van der Waals surface area contributed by atoms with Crippen LogP contribution in [0.3, 0.4) is 0 Å². The van der Waals surface area contributed by atoms with Crippen molar-refractivity contribution in [2.24, 2.45) is 0 Å². The molecule has 0 atom stereocenters. The zero-order valence-electron chi connectivity index (χ0n) is 10.5. The van der Waals surface area contributed by atoms with Crippen molar-refractivity contribution in [1.82, 2.24) is 9.97 Å². The van der Waals surface area contributed by atoms with Gasteiger partial charge in [-0.2, -0.15) is 0 Å². The largest absolute Gasteiger partial charge is 0.480 e. The first-order chi connectivity index (χ1) is 6.80. The summed E-state index contributed by atoms with van der Waals surface area (Å²) >= 11 is 0. The summed E-state index contributed by atoms with van der Waals surface area (Å²) in [5, 5.41) is 0. The van der Waals surface area contributed by atoms with E-state index in [2.05, 4.69) is 9.97 Å². The molecule has 3 heteroatoms. The van der Waals surface area contributed by atoms with Crippen LogP contribution in [-0.4, -0.2) is 17.1 Å². The minimum Gasteiger partial charge on any atom is -0.480 e. The molecule has 1 heterocycles. The summed E-state index contributed by atoms with van der Waals surface area (Å²) in [6.07, 6.45) is -0.0496. The van der Waals surface area contributed by atoms with Crippen molar-refractivity contribution in [3.05, 3.63) is 18.1 Å². The fraction of sp³-hybridized carbons (Fsp3) is 0.429. The summed E-state index contributed by atoms with van der Waals surface area (Å²) in [5.74, 6) is -0.112. The molecule has 0 spiro atoms. The molecule has 0 saturated heterocycles. The van der Waals surface area contributed by atoms with E-state index >= 15 is 0 Å². The Morgan fingerprint density at radius 1 is 1.70 bits per heavy atom. The molecule has 54 valence electrons. The normalized spacial score (nSPS) is 19.5. The standard InChI is InChI=1S/C7H10N2O/c1-3-6-7(10-2)9-5-4-8-6/h4-5H,3H2,1-2H3/i1D3,3D2. The number of nitrogens with zero attached hydrogens (tertiary/aromatic N) is 2. The highest BCUT2D eigenvalue weighted by Crippen LogP contribution is 2.09. The molecule has 0 aliphatic carbocycles. The van der Waals surface area contributed by atoms with Crippen molar-refractivity contribution >= 4 is 0 Å². The number of methoxy groups -OCH3 is 1. The van der Waals surface area contributed by atoms with Gasteiger partial charge in [0.2, 0.25) is 5.88 Å². The van der Waals surface area contributed by atoms with Gasteiger partial charge in [-0.15, -0.1) is 0 Å². The number of hydrogen-bond donors (Lipinski definition) is 0. The van der Waals surface area contributed by atoms with Crippen LogP contribution in [0.25, 0.3) is 0 Å². The lowest BCUT2D eigenvalue weighted by molar-refractivity contribution is 0.390. The van der Waals surface area contributed by atoms with Gasteiger partial charge in [-0.25, -0.2) is 4.98 Å². The van der Waals surface area contributed by atoms with Crippen LogP contribution in [0.15, 0.2) is 12.4 Å². The highest BCUT2D eigenvalue weighted by Gasteiger charge is 1.99. The van der Waals surface area contributed by atoms with E-state index in [1.165, 1.54) is 19.5 Å². The Labute approximate surface area is 67.1 Å². The molecule has 10 heavy (non-hydrogen) atoms. The minimum atomic E-state index is -2.81. The van der Waals surface area contributed by atoms with E-state index < -0.39 is 13.2 Å². The molecule has 0 saturated carbocycles. The predicted molar refractivity (Wildman–Crippen MR) is 38.0 cm³/mol. The summed E-state index contributed by atoms with van der Waals surface area (Å²) in [5.41, 5.74) is -0.312. The maximum Gasteiger partial charge on any atom is 0.235 e. The Morgan fingerprint density at radius 2 is 2.50 bits per heavy atom. The van der Waals surface area contributed by atoms with E-state index in [-0.39, 0.29) is 11.6 Å². The van der Waals surface area contributed by atoms with Gasteiger partial charge in [0.05, 0.1) is 7.11 Å². The molecule has 0 unspecified atom stereocenters. The molecule has 0 bridgehead atoms. The smallest absolute Gasteiger partial charge is 0.235 e. The van der Waals surface area contributed by atoms with E-state index in [4.69, 9.17) is 11.6 Å². The Balaban J connectivity index is 3.26. The van der Waals surface area contributed by atoms with Crippen molar-refractivity contribution in [1.29, 1.82) is 0 Å². The molecular weight excluding hydrogens is 128 g/mol. The van der Waals surface area contributed by atoms with Gasteiger partial charge in [-0.3, -0.25) is 4.98 Å². The minimum absolute atomic E-state index is 0.112. The van der Waals surface area contributed by atoms with Crippen molar-refractivity contribution in [2.75, 3.05) is 7.11 Å². The molecule has 0 N–H and O–H groups in total. The Hall–Kier alpha value is -1.12. The maximum absolute atomic E-state index is 7.48. The molecule has 0 aliphatic heterocycles. The SMILES string of the molecule is [2H]C([2H])([2H])C([2H])([2H])c1nccnc1OC. The predicted octanol–water partition coefficient (Wildman–Crippen LogP) is 1.05. The molecule has 0 aliphatic rings. The third-order valence-corrected chi connectivity index (χ3v) is 0.976. The number of hydrogen-bond acceptors (Lipinski definition) is 3. The fourth-order valence-electron chi connectivity index (χ4n) is 0.560. The lowest BCUT2D eigenvalue weighted by atomic mass is 10.3. The molecule has 1 aromatic rings. The van der Waals surface area contributed by atoms with Crippen LogP contribution in [-0.2, 0) is 6.37 Å². The number of aromatic nitrogens is 2. The quantitative estimate of drug-likeness (QED) is 0.620. The maximum atomic E-state index is 7.48. The molecule has 0 fully saturated rings. The second kappa shape index (κ2) is 3.15. The third-order valence-electron chi connectivity index (χ3n) is 0.976. The van der Waals surface area contributed by atoms with Crippen LogP contribution in [0.5, 0.6) is 5.88 Å². The summed E-state index contributed by atoms with van der Waals surface area (Å²) in [6.45, 7) is -2.81. The third kappa shape index (κ3) is 1.23. The van der Waals surface area contributed by atoms with E-state index in [1.807, 2.05) is 0 Å². The first-order valence-electron chi connectivity index (χ1n) is 5.16. The highest BCUT2D eigenvalue weighted by atomic mass is 16.5. The van der Waals surface area contributed by atoms with Crippen molar-refractivity contribution in [3.63, 3.8) is 0 Å². The molecule has 3 nitrogen and oxygen atoms in total. The van der Waals surface area contributed by atoms with Gasteiger partial charge in [0.25, 0.3) is 0 Å². The van der Waals surface area contributed by atoms with Gasteiger partial charge in [-0.1, -0.05) is 6.85 Å². The first-order valence-corrected chi connectivity index (χ1v) is 2.66. The molecule has 0 amide bonds. The molecule has 0 aromatic carbocycles. The Morgan fingerprint density at radius 3 is 3.20 bits per heavy atom. The highest BCUT2D eigenvalue weighted by molar-refractivity contribution is 5.16. The van der Waals surface area contributed by atoms with Crippen molar-refractivity contribution < 1.29 is 11.6 Å². The van der Waals surface area contributed by atoms with Crippen LogP contribution in [0.4, 0.5) is 0 Å². The van der Waals surface area contributed by atoms with Crippen molar-refractivity contribution in [2.45, 2.75) is 13.2 Å². The lowest BCUT2D eigenvalue weighted by Crippen LogP contribution is -1.95. The molecule has 0 radical (unpaired) electrons. The monoisotopic (exact) mass is 143 g/mol. The summed E-state index contributed by atoms with van der Waals surface area (Å²) < 4.78 is 41.0. The Bertz CT molecular complexity index is 351. The van der Waals surface area contributed by atoms with Gasteiger partial charge in [0, 0.05) is 19.2 Å². The summed E-state index contributed by atoms with van der Waals surface area (Å²) in [7, 11) is 1.28. The van der Waals surface area contributed by atoms with E-state index in [0.29, 0.717) is 0 Å². The average molecular weight is 143 g/mol. The molecule has 1 aromatic heterocycles. The molecular formula is C7H10N2O. The average Bonchev–Trinajstić information content (AvgIpc) is 2.16. The number of aryl methyl sites for hydroxylation is 1. The zero-order chi connectivity index (χ0) is 11.7. The first kappa shape index (κ1) is 2.86. The second-order valence-electron chi connectivity index (χ2n) is 1.54. The second-order valence-corrected chi connectivity index (χ2v) is 1.54. The lowest BCUT2D eigenvalue weighted by Gasteiger charge is -2.01. The van der Waals surface area contributed by atoms with E-state index in [9.17, 15) is 0 Å². The fourth-order valence-corrected chi connectivity index (χ4v) is 0.560. The molecule has 1 rings (SSSR count). The zero-order valence-corrected chi connectivity index (χ0v) is 5.46. The van der Waals surface area contributed by atoms with E-state index in [1.54, 1.807) is 0 Å². The number of rotatable bonds is 2. The van der Waals surface area contributed by atoms with Gasteiger partial charge in [-0.05, 0) is 6.37 Å². The van der Waals surface area contributed by atoms with Crippen molar-refractivity contribution in [3.8, 4) is 5.88 Å². The van der Waals surface area contributed by atoms with Crippen LogP contribution < -0.4 is 4.74 Å². The van der Waals surface area contributed by atoms with Crippen LogP contribution in [0.1, 0.15) is 19.4 Å². The summed E-state index contributed by atoms with van der Waals surface area (Å²) in [6, 6.07) is 0. The van der Waals surface area contributed by atoms with Gasteiger partial charge >= 0.3 is 0 Å². The van der Waals surface area contributed by atoms with Gasteiger partial charge in [0.1, 0.15) is 5.69 Å². The Kier molecular flexibility index (Phi) is 0.902. The van der Waals surface area contributed by atoms with Crippen LogP contribution in [0, 0.1) is 0 Å². The topological polar surface area (TPSA) is 35.0 Å². The van der Waals surface area contributed by atoms with Crippen LogP contribution in [0.2, 0.25) is 0 Å². The van der Waals surface area contributed by atoms with E-state index in [0.717, 1.165) is 0 Å².